The molecule has 0 spiro atoms. The third-order valence-electron chi connectivity index (χ3n) is 3.66. The number of benzene rings is 2. The topological polar surface area (TPSA) is 81.9 Å². The van der Waals surface area contributed by atoms with E-state index in [1.165, 1.54) is 17.7 Å². The molecule has 0 amide bonds. The van der Waals surface area contributed by atoms with Gasteiger partial charge in [0, 0.05) is 13.1 Å². The van der Waals surface area contributed by atoms with E-state index in [0.717, 1.165) is 18.8 Å². The summed E-state index contributed by atoms with van der Waals surface area (Å²) in [6.07, 6.45) is 0. The minimum absolute atomic E-state index is 0.0743. The Balaban J connectivity index is 1.66. The van der Waals surface area contributed by atoms with Crippen molar-refractivity contribution < 1.29 is 17.9 Å². The highest BCUT2D eigenvalue weighted by Crippen LogP contribution is 2.15. The van der Waals surface area contributed by atoms with E-state index < -0.39 is 10.0 Å². The molecule has 2 N–H and O–H groups in total. The van der Waals surface area contributed by atoms with Gasteiger partial charge in [-0.05, 0) is 50.4 Å². The summed E-state index contributed by atoms with van der Waals surface area (Å²) in [6, 6.07) is 14.0. The zero-order chi connectivity index (χ0) is 18.3. The van der Waals surface area contributed by atoms with Gasteiger partial charge in [0.1, 0.15) is 24.7 Å². The lowest BCUT2D eigenvalue weighted by atomic mass is 10.2. The van der Waals surface area contributed by atoms with E-state index in [9.17, 15) is 8.42 Å². The molecule has 0 fully saturated rings. The molecule has 0 atom stereocenters. The Morgan fingerprint density at radius 3 is 1.76 bits per heavy atom. The second-order valence-corrected chi connectivity index (χ2v) is 7.39. The summed E-state index contributed by atoms with van der Waals surface area (Å²) < 4.78 is 33.7. The van der Waals surface area contributed by atoms with Gasteiger partial charge in [-0.15, -0.1) is 0 Å². The molecule has 2 aromatic carbocycles. The van der Waals surface area contributed by atoms with Crippen LogP contribution in [0.4, 0.5) is 0 Å². The number of aryl methyl sites for hydroxylation is 1. The fourth-order valence-electron chi connectivity index (χ4n) is 2.11. The Morgan fingerprint density at radius 2 is 1.32 bits per heavy atom. The quantitative estimate of drug-likeness (QED) is 0.736. The summed E-state index contributed by atoms with van der Waals surface area (Å²) in [4.78, 5) is 2.18. The smallest absolute Gasteiger partial charge is 0.238 e. The predicted octanol–water partition coefficient (Wildman–Crippen LogP) is 2.03. The largest absolute Gasteiger partial charge is 0.492 e. The Kier molecular flexibility index (Phi) is 6.81. The summed E-state index contributed by atoms with van der Waals surface area (Å²) in [7, 11) is -1.67. The van der Waals surface area contributed by atoms with E-state index in [1.54, 1.807) is 12.1 Å². The summed E-state index contributed by atoms with van der Waals surface area (Å²) in [5.41, 5.74) is 1.21. The fraction of sp³-hybridized carbons (Fsp3) is 0.333. The molecule has 2 rings (SSSR count). The molecule has 0 unspecified atom stereocenters. The molecule has 0 saturated carbocycles. The van der Waals surface area contributed by atoms with Crippen LogP contribution < -0.4 is 14.6 Å². The van der Waals surface area contributed by atoms with Crippen molar-refractivity contribution in [2.24, 2.45) is 5.14 Å². The zero-order valence-corrected chi connectivity index (χ0v) is 15.3. The normalized spacial score (nSPS) is 11.5. The van der Waals surface area contributed by atoms with Crippen molar-refractivity contribution >= 4 is 10.0 Å². The van der Waals surface area contributed by atoms with Crippen molar-refractivity contribution in [3.63, 3.8) is 0 Å². The number of likely N-dealkylation sites (N-methyl/N-ethyl adjacent to an activating group) is 1. The first-order valence-electron chi connectivity index (χ1n) is 7.98. The van der Waals surface area contributed by atoms with Crippen LogP contribution >= 0.6 is 0 Å². The molecule has 0 aliphatic carbocycles. The highest BCUT2D eigenvalue weighted by molar-refractivity contribution is 7.89. The van der Waals surface area contributed by atoms with Gasteiger partial charge in [-0.1, -0.05) is 17.7 Å². The first-order chi connectivity index (χ1) is 11.8. The summed E-state index contributed by atoms with van der Waals surface area (Å²) >= 11 is 0. The lowest BCUT2D eigenvalue weighted by molar-refractivity contribution is 0.202. The predicted molar refractivity (Wildman–Crippen MR) is 97.5 cm³/mol. The number of hydrogen-bond donors (Lipinski definition) is 1. The second-order valence-electron chi connectivity index (χ2n) is 5.83. The van der Waals surface area contributed by atoms with Gasteiger partial charge in [0.2, 0.25) is 10.0 Å². The van der Waals surface area contributed by atoms with Crippen molar-refractivity contribution in [3.05, 3.63) is 54.1 Å². The molecular weight excluding hydrogens is 340 g/mol. The number of sulfonamides is 1. The van der Waals surface area contributed by atoms with Gasteiger partial charge in [0.25, 0.3) is 0 Å². The van der Waals surface area contributed by atoms with Crippen LogP contribution in [0, 0.1) is 6.92 Å². The number of ether oxygens (including phenoxy) is 2. The van der Waals surface area contributed by atoms with Crippen LogP contribution in [0.5, 0.6) is 11.5 Å². The average Bonchev–Trinajstić information content (AvgIpc) is 2.56. The first-order valence-corrected chi connectivity index (χ1v) is 9.53. The molecule has 0 aliphatic rings. The molecule has 136 valence electrons. The van der Waals surface area contributed by atoms with Gasteiger partial charge in [-0.25, -0.2) is 13.6 Å². The molecule has 6 nitrogen and oxygen atoms in total. The number of nitrogens with two attached hydrogens (primary N) is 1. The van der Waals surface area contributed by atoms with Gasteiger partial charge < -0.3 is 9.47 Å². The lowest BCUT2D eigenvalue weighted by Gasteiger charge is -2.17. The number of nitrogens with zero attached hydrogens (tertiary/aromatic N) is 1. The van der Waals surface area contributed by atoms with Gasteiger partial charge >= 0.3 is 0 Å². The number of rotatable bonds is 9. The number of primary sulfonamides is 1. The monoisotopic (exact) mass is 364 g/mol. The van der Waals surface area contributed by atoms with E-state index in [-0.39, 0.29) is 4.90 Å². The fourth-order valence-corrected chi connectivity index (χ4v) is 2.63. The Bertz CT molecular complexity index is 759. The molecule has 2 aromatic rings. The maximum Gasteiger partial charge on any atom is 0.238 e. The maximum absolute atomic E-state index is 11.2. The van der Waals surface area contributed by atoms with Crippen LogP contribution in [0.1, 0.15) is 5.56 Å². The second kappa shape index (κ2) is 8.84. The van der Waals surface area contributed by atoms with Crippen LogP contribution in [0.3, 0.4) is 0 Å². The van der Waals surface area contributed by atoms with E-state index >= 15 is 0 Å². The first kappa shape index (κ1) is 19.2. The minimum Gasteiger partial charge on any atom is -0.492 e. The molecule has 7 heteroatoms. The Hall–Kier alpha value is -2.09. The molecule has 0 radical (unpaired) electrons. The van der Waals surface area contributed by atoms with Crippen molar-refractivity contribution in [1.29, 1.82) is 0 Å². The van der Waals surface area contributed by atoms with Crippen LogP contribution in [-0.4, -0.2) is 46.7 Å². The van der Waals surface area contributed by atoms with E-state index in [1.807, 2.05) is 38.2 Å². The standard InChI is InChI=1S/C18H24N2O4S/c1-15-3-5-16(6-4-15)23-13-11-20(2)12-14-24-17-7-9-18(10-8-17)25(19,21)22/h3-10H,11-14H2,1-2H3,(H2,19,21,22). The molecule has 0 aromatic heterocycles. The van der Waals surface area contributed by atoms with E-state index in [4.69, 9.17) is 14.6 Å². The van der Waals surface area contributed by atoms with Gasteiger partial charge in [-0.2, -0.15) is 0 Å². The molecule has 0 aliphatic heterocycles. The van der Waals surface area contributed by atoms with Gasteiger partial charge in [0.05, 0.1) is 4.90 Å². The maximum atomic E-state index is 11.2. The third kappa shape index (κ3) is 6.74. The minimum atomic E-state index is -3.67. The molecule has 25 heavy (non-hydrogen) atoms. The van der Waals surface area contributed by atoms with Crippen LogP contribution in [0.2, 0.25) is 0 Å². The van der Waals surface area contributed by atoms with E-state index in [0.29, 0.717) is 19.0 Å². The third-order valence-corrected chi connectivity index (χ3v) is 4.59. The van der Waals surface area contributed by atoms with Crippen LogP contribution in [-0.2, 0) is 10.0 Å². The van der Waals surface area contributed by atoms with Crippen molar-refractivity contribution in [1.82, 2.24) is 4.90 Å². The van der Waals surface area contributed by atoms with Crippen molar-refractivity contribution in [3.8, 4) is 11.5 Å². The molecule has 0 saturated heterocycles. The highest BCUT2D eigenvalue weighted by Gasteiger charge is 2.07. The lowest BCUT2D eigenvalue weighted by Crippen LogP contribution is -2.28. The Labute approximate surface area is 149 Å². The zero-order valence-electron chi connectivity index (χ0n) is 14.5. The average molecular weight is 364 g/mol. The highest BCUT2D eigenvalue weighted by atomic mass is 32.2. The Morgan fingerprint density at radius 1 is 0.880 bits per heavy atom. The van der Waals surface area contributed by atoms with Crippen molar-refractivity contribution in [2.45, 2.75) is 11.8 Å². The molecular formula is C18H24N2O4S. The summed E-state index contributed by atoms with van der Waals surface area (Å²) in [5.74, 6) is 1.47. The molecule has 0 bridgehead atoms. The summed E-state index contributed by atoms with van der Waals surface area (Å²) in [6.45, 7) is 4.65. The summed E-state index contributed by atoms with van der Waals surface area (Å²) in [5, 5.41) is 5.06. The van der Waals surface area contributed by atoms with Crippen LogP contribution in [0.25, 0.3) is 0 Å². The van der Waals surface area contributed by atoms with Crippen LogP contribution in [0.15, 0.2) is 53.4 Å². The molecule has 0 heterocycles. The van der Waals surface area contributed by atoms with Crippen molar-refractivity contribution in [2.75, 3.05) is 33.4 Å². The van der Waals surface area contributed by atoms with E-state index in [2.05, 4.69) is 4.90 Å². The number of hydrogen-bond acceptors (Lipinski definition) is 5. The SMILES string of the molecule is Cc1ccc(OCCN(C)CCOc2ccc(S(N)(=O)=O)cc2)cc1. The van der Waals surface area contributed by atoms with Gasteiger partial charge in [-0.3, -0.25) is 4.90 Å². The van der Waals surface area contributed by atoms with Gasteiger partial charge in [0.15, 0.2) is 0 Å².